The smallest absolute Gasteiger partial charge is 0.354 e. The highest BCUT2D eigenvalue weighted by Crippen LogP contribution is 2.49. The van der Waals surface area contributed by atoms with Crippen LogP contribution in [0, 0.1) is 0 Å². The molecule has 0 spiro atoms. The Bertz CT molecular complexity index is 1270. The van der Waals surface area contributed by atoms with Gasteiger partial charge in [0, 0.05) is 30.5 Å². The number of hydrogen-bond donors (Lipinski definition) is 0. The van der Waals surface area contributed by atoms with Gasteiger partial charge in [0.15, 0.2) is 12.4 Å². The molecule has 1 atom stereocenters. The molecule has 3 aromatic rings. The molecule has 33 heavy (non-hydrogen) atoms. The van der Waals surface area contributed by atoms with Crippen LogP contribution in [0.5, 0.6) is 0 Å². The van der Waals surface area contributed by atoms with E-state index in [-0.39, 0.29) is 37.3 Å². The number of carbonyl (C=O) groups excluding carboxylic acids is 3. The number of carbonyl (C=O) groups is 3. The Balaban J connectivity index is 1.32. The molecule has 2 aliphatic heterocycles. The number of aromatic nitrogens is 1. The Hall–Kier alpha value is -3.94. The van der Waals surface area contributed by atoms with Crippen molar-refractivity contribution < 1.29 is 23.6 Å². The largest absolute Gasteiger partial charge is 0.454 e. The predicted octanol–water partition coefficient (Wildman–Crippen LogP) is 3.53. The van der Waals surface area contributed by atoms with Gasteiger partial charge in [-0.2, -0.15) is 0 Å². The zero-order valence-electron chi connectivity index (χ0n) is 17.8. The van der Waals surface area contributed by atoms with Gasteiger partial charge in [-0.05, 0) is 25.0 Å². The number of rotatable bonds is 5. The molecule has 2 fully saturated rings. The van der Waals surface area contributed by atoms with Crippen LogP contribution < -0.4 is 4.90 Å². The number of benzene rings is 2. The van der Waals surface area contributed by atoms with Crippen molar-refractivity contribution in [2.24, 2.45) is 0 Å². The van der Waals surface area contributed by atoms with Crippen molar-refractivity contribution in [3.8, 4) is 11.3 Å². The summed E-state index contributed by atoms with van der Waals surface area (Å²) in [6.07, 6.45) is 1.97. The van der Waals surface area contributed by atoms with Crippen molar-refractivity contribution in [2.75, 3.05) is 4.90 Å². The molecule has 8 heteroatoms. The fraction of sp³-hybridized carbons (Fsp3) is 0.280. The van der Waals surface area contributed by atoms with Crippen LogP contribution in [0.2, 0.25) is 0 Å². The molecule has 1 saturated heterocycles. The van der Waals surface area contributed by atoms with Gasteiger partial charge in [0.2, 0.25) is 11.6 Å². The van der Waals surface area contributed by atoms with Crippen molar-refractivity contribution in [3.63, 3.8) is 0 Å². The predicted molar refractivity (Wildman–Crippen MR) is 117 cm³/mol. The first-order valence-corrected chi connectivity index (χ1v) is 11.0. The van der Waals surface area contributed by atoms with Gasteiger partial charge in [-0.15, -0.1) is 0 Å². The molecule has 6 rings (SSSR count). The average Bonchev–Trinajstić information content (AvgIpc) is 3.45. The van der Waals surface area contributed by atoms with Gasteiger partial charge in [-0.25, -0.2) is 4.79 Å². The van der Waals surface area contributed by atoms with E-state index in [0.717, 1.165) is 18.4 Å². The highest BCUT2D eigenvalue weighted by molar-refractivity contribution is 6.15. The van der Waals surface area contributed by atoms with Gasteiger partial charge in [0.05, 0.1) is 11.3 Å². The highest BCUT2D eigenvalue weighted by atomic mass is 16.6. The topological polar surface area (TPSA) is 93.0 Å². The van der Waals surface area contributed by atoms with E-state index in [4.69, 9.17) is 9.26 Å². The minimum atomic E-state index is -1.47. The van der Waals surface area contributed by atoms with Crippen molar-refractivity contribution in [1.82, 2.24) is 10.1 Å². The quantitative estimate of drug-likeness (QED) is 0.560. The summed E-state index contributed by atoms with van der Waals surface area (Å²) < 4.78 is 11.0. The normalized spacial score (nSPS) is 21.7. The molecule has 3 heterocycles. The van der Waals surface area contributed by atoms with Gasteiger partial charge in [0.25, 0.3) is 5.91 Å². The fourth-order valence-electron chi connectivity index (χ4n) is 4.89. The van der Waals surface area contributed by atoms with Crippen LogP contribution in [0.4, 0.5) is 5.69 Å². The molecular weight excluding hydrogens is 422 g/mol. The number of esters is 1. The lowest BCUT2D eigenvalue weighted by Gasteiger charge is -2.48. The maximum Gasteiger partial charge on any atom is 0.354 e. The van der Waals surface area contributed by atoms with E-state index in [1.807, 2.05) is 30.3 Å². The van der Waals surface area contributed by atoms with E-state index < -0.39 is 11.6 Å². The first-order valence-electron chi connectivity index (χ1n) is 11.0. The maximum absolute atomic E-state index is 13.6. The zero-order chi connectivity index (χ0) is 22.6. The zero-order valence-corrected chi connectivity index (χ0v) is 17.8. The molecule has 0 unspecified atom stereocenters. The first kappa shape index (κ1) is 19.7. The second-order valence-corrected chi connectivity index (χ2v) is 8.59. The minimum Gasteiger partial charge on any atom is -0.454 e. The van der Waals surface area contributed by atoms with Crippen molar-refractivity contribution in [3.05, 3.63) is 72.0 Å². The van der Waals surface area contributed by atoms with Gasteiger partial charge < -0.3 is 14.2 Å². The number of amides is 2. The Labute approximate surface area is 189 Å². The van der Waals surface area contributed by atoms with Gasteiger partial charge >= 0.3 is 5.97 Å². The second-order valence-electron chi connectivity index (χ2n) is 8.59. The molecule has 3 aliphatic rings. The van der Waals surface area contributed by atoms with Crippen LogP contribution in [-0.4, -0.2) is 39.5 Å². The van der Waals surface area contributed by atoms with E-state index in [1.54, 1.807) is 35.2 Å². The molecule has 1 aliphatic carbocycles. The van der Waals surface area contributed by atoms with Crippen molar-refractivity contribution in [2.45, 2.75) is 44.0 Å². The third-order valence-electron chi connectivity index (χ3n) is 6.51. The summed E-state index contributed by atoms with van der Waals surface area (Å²) in [6, 6.07) is 18.1. The number of hydrogen-bond acceptors (Lipinski definition) is 6. The van der Waals surface area contributed by atoms with Crippen LogP contribution in [0.15, 0.2) is 65.2 Å². The van der Waals surface area contributed by atoms with Crippen LogP contribution in [-0.2, 0) is 20.9 Å². The van der Waals surface area contributed by atoms with Crippen molar-refractivity contribution >= 4 is 23.5 Å². The lowest BCUT2D eigenvalue weighted by atomic mass is 9.96. The van der Waals surface area contributed by atoms with Gasteiger partial charge in [0.1, 0.15) is 5.69 Å². The highest BCUT2D eigenvalue weighted by Gasteiger charge is 2.64. The summed E-state index contributed by atoms with van der Waals surface area (Å²) in [6.45, 7) is -0.142. The first-order chi connectivity index (χ1) is 16.1. The van der Waals surface area contributed by atoms with Crippen LogP contribution in [0.1, 0.15) is 41.8 Å². The third kappa shape index (κ3) is 2.97. The standard InChI is InChI=1S/C25H21N3O5/c29-22-12-13-25(24(31)32-15-18-14-20(26-33-18)16-6-2-1-3-7-16)27(17-10-11-17)23(30)19-8-4-5-9-21(19)28(22)25/h1-9,14,17H,10-13,15H2/t25-/m1/s1. The molecule has 1 aromatic heterocycles. The summed E-state index contributed by atoms with van der Waals surface area (Å²) in [5.41, 5.74) is 0.959. The van der Waals surface area contributed by atoms with E-state index in [9.17, 15) is 14.4 Å². The molecule has 166 valence electrons. The Morgan fingerprint density at radius 3 is 2.64 bits per heavy atom. The molecule has 2 amide bonds. The number of fused-ring (bicyclic) bond motifs is 3. The summed E-state index contributed by atoms with van der Waals surface area (Å²) >= 11 is 0. The van der Waals surface area contributed by atoms with E-state index in [1.165, 1.54) is 4.90 Å². The number of nitrogens with zero attached hydrogens (tertiary/aromatic N) is 3. The summed E-state index contributed by atoms with van der Waals surface area (Å²) in [5, 5.41) is 4.05. The fourth-order valence-corrected chi connectivity index (χ4v) is 4.89. The Morgan fingerprint density at radius 2 is 1.85 bits per heavy atom. The number of para-hydroxylation sites is 1. The Kier molecular flexibility index (Phi) is 4.36. The lowest BCUT2D eigenvalue weighted by Crippen LogP contribution is -2.69. The summed E-state index contributed by atoms with van der Waals surface area (Å²) in [7, 11) is 0. The molecule has 1 saturated carbocycles. The SMILES string of the molecule is O=C1CC[C@]2(C(=O)OCc3cc(-c4ccccc4)no3)N1c1ccccc1C(=O)N2C1CC1. The molecule has 0 radical (unpaired) electrons. The van der Waals surface area contributed by atoms with E-state index in [2.05, 4.69) is 5.16 Å². The van der Waals surface area contributed by atoms with Gasteiger partial charge in [-0.3, -0.25) is 14.5 Å². The molecule has 8 nitrogen and oxygen atoms in total. The Morgan fingerprint density at radius 1 is 1.09 bits per heavy atom. The monoisotopic (exact) mass is 443 g/mol. The molecule has 0 bridgehead atoms. The van der Waals surface area contributed by atoms with Gasteiger partial charge in [-0.1, -0.05) is 47.6 Å². The van der Waals surface area contributed by atoms with Crippen molar-refractivity contribution in [1.29, 1.82) is 0 Å². The summed E-state index contributed by atoms with van der Waals surface area (Å²) in [5.74, 6) is -0.665. The third-order valence-corrected chi connectivity index (χ3v) is 6.51. The van der Waals surface area contributed by atoms with Crippen LogP contribution >= 0.6 is 0 Å². The van der Waals surface area contributed by atoms with E-state index in [0.29, 0.717) is 22.7 Å². The van der Waals surface area contributed by atoms with Crippen LogP contribution in [0.25, 0.3) is 11.3 Å². The maximum atomic E-state index is 13.6. The average molecular weight is 443 g/mol. The second kappa shape index (κ2) is 7.30. The molecule has 2 aromatic carbocycles. The van der Waals surface area contributed by atoms with Crippen LogP contribution in [0.3, 0.4) is 0 Å². The number of anilines is 1. The molecular formula is C25H21N3O5. The number of ether oxygens (including phenoxy) is 1. The minimum absolute atomic E-state index is 0.0817. The lowest BCUT2D eigenvalue weighted by molar-refractivity contribution is -0.159. The van der Waals surface area contributed by atoms with E-state index >= 15 is 0 Å². The summed E-state index contributed by atoms with van der Waals surface area (Å²) in [4.78, 5) is 43.1. The molecule has 0 N–H and O–H groups in total.